The van der Waals surface area contributed by atoms with Crippen LogP contribution in [0.3, 0.4) is 0 Å². The summed E-state index contributed by atoms with van der Waals surface area (Å²) in [6.07, 6.45) is 1.90. The molecule has 0 aliphatic rings. The number of thioether (sulfide) groups is 1. The number of nitrogens with zero attached hydrogens (tertiary/aromatic N) is 1. The maximum Gasteiger partial charge on any atom is 0.335 e. The van der Waals surface area contributed by atoms with Gasteiger partial charge in [-0.05, 0) is 26.2 Å². The summed E-state index contributed by atoms with van der Waals surface area (Å²) < 4.78 is -0.188. The molecular weight excluding hydrogens is 296 g/mol. The Labute approximate surface area is 125 Å². The van der Waals surface area contributed by atoms with Gasteiger partial charge in [0.15, 0.2) is 0 Å². The third-order valence-corrected chi connectivity index (χ3v) is 4.11. The van der Waals surface area contributed by atoms with E-state index >= 15 is 0 Å². The van der Waals surface area contributed by atoms with Crippen molar-refractivity contribution < 1.29 is 19.6 Å². The molecule has 0 heterocycles. The Morgan fingerprint density at radius 1 is 1.33 bits per heavy atom. The highest BCUT2D eigenvalue weighted by Gasteiger charge is 2.20. The zero-order valence-electron chi connectivity index (χ0n) is 11.9. The highest BCUT2D eigenvalue weighted by atomic mass is 32.2. The van der Waals surface area contributed by atoms with Crippen molar-refractivity contribution in [3.05, 3.63) is 39.4 Å². The number of carboxylic acid groups (broad SMARTS) is 1. The van der Waals surface area contributed by atoms with Gasteiger partial charge >= 0.3 is 5.97 Å². The van der Waals surface area contributed by atoms with E-state index in [0.29, 0.717) is 6.54 Å². The largest absolute Gasteiger partial charge is 0.478 e. The molecule has 0 saturated carbocycles. The van der Waals surface area contributed by atoms with E-state index in [9.17, 15) is 19.7 Å². The first kappa shape index (κ1) is 17.0. The molecule has 1 amide bonds. The lowest BCUT2D eigenvalue weighted by Crippen LogP contribution is -2.36. The number of amides is 1. The molecule has 7 nitrogen and oxygen atoms in total. The molecule has 0 unspecified atom stereocenters. The van der Waals surface area contributed by atoms with Gasteiger partial charge in [0, 0.05) is 29.0 Å². The van der Waals surface area contributed by atoms with Gasteiger partial charge in [-0.1, -0.05) is 0 Å². The minimum atomic E-state index is -1.32. The van der Waals surface area contributed by atoms with Crippen molar-refractivity contribution in [2.75, 3.05) is 12.8 Å². The summed E-state index contributed by atoms with van der Waals surface area (Å²) in [5, 5.41) is 22.4. The number of carbonyl (C=O) groups excluding carboxylic acids is 1. The number of carbonyl (C=O) groups is 2. The minimum Gasteiger partial charge on any atom is -0.478 e. The molecule has 0 aromatic heterocycles. The normalized spacial score (nSPS) is 11.0. The number of benzene rings is 1. The van der Waals surface area contributed by atoms with E-state index in [1.807, 2.05) is 20.1 Å². The summed E-state index contributed by atoms with van der Waals surface area (Å²) >= 11 is 1.56. The van der Waals surface area contributed by atoms with Gasteiger partial charge in [0.2, 0.25) is 0 Å². The van der Waals surface area contributed by atoms with Crippen LogP contribution >= 0.6 is 11.8 Å². The van der Waals surface area contributed by atoms with Crippen LogP contribution in [0.4, 0.5) is 5.69 Å². The fourth-order valence-electron chi connectivity index (χ4n) is 1.44. The number of nitro groups is 1. The lowest BCUT2D eigenvalue weighted by atomic mass is 10.1. The Morgan fingerprint density at radius 3 is 2.38 bits per heavy atom. The SMILES string of the molecule is CSC(C)(C)CNC(=O)c1cc(C(=O)O)cc([N+](=O)[O-])c1. The van der Waals surface area contributed by atoms with E-state index in [1.54, 1.807) is 11.8 Å². The lowest BCUT2D eigenvalue weighted by Gasteiger charge is -2.22. The topological polar surface area (TPSA) is 110 Å². The molecule has 0 bridgehead atoms. The Balaban J connectivity index is 3.03. The highest BCUT2D eigenvalue weighted by molar-refractivity contribution is 7.99. The van der Waals surface area contributed by atoms with Crippen molar-refractivity contribution in [3.8, 4) is 0 Å². The van der Waals surface area contributed by atoms with Crippen molar-refractivity contribution in [2.45, 2.75) is 18.6 Å². The predicted molar refractivity (Wildman–Crippen MR) is 80.0 cm³/mol. The molecule has 1 aromatic rings. The van der Waals surface area contributed by atoms with E-state index < -0.39 is 22.5 Å². The fraction of sp³-hybridized carbons (Fsp3) is 0.385. The summed E-state index contributed by atoms with van der Waals surface area (Å²) in [7, 11) is 0. The van der Waals surface area contributed by atoms with Crippen molar-refractivity contribution >= 4 is 29.3 Å². The number of aromatic carboxylic acids is 1. The van der Waals surface area contributed by atoms with Crippen LogP contribution in [0.15, 0.2) is 18.2 Å². The molecule has 21 heavy (non-hydrogen) atoms. The van der Waals surface area contributed by atoms with Crippen LogP contribution in [0.25, 0.3) is 0 Å². The molecule has 1 aromatic carbocycles. The number of hydrogen-bond donors (Lipinski definition) is 2. The second kappa shape index (κ2) is 6.57. The summed E-state index contributed by atoms with van der Waals surface area (Å²) in [4.78, 5) is 33.0. The molecule has 0 aliphatic carbocycles. The Kier molecular flexibility index (Phi) is 5.31. The van der Waals surface area contributed by atoms with E-state index in [-0.39, 0.29) is 15.9 Å². The molecule has 0 saturated heterocycles. The second-order valence-corrected chi connectivity index (χ2v) is 6.49. The van der Waals surface area contributed by atoms with Crippen LogP contribution in [-0.2, 0) is 0 Å². The summed E-state index contributed by atoms with van der Waals surface area (Å²) in [6.45, 7) is 4.24. The average molecular weight is 312 g/mol. The third kappa shape index (κ3) is 4.75. The number of rotatable bonds is 6. The van der Waals surface area contributed by atoms with E-state index in [1.165, 1.54) is 0 Å². The van der Waals surface area contributed by atoms with Gasteiger partial charge in [0.05, 0.1) is 10.5 Å². The highest BCUT2D eigenvalue weighted by Crippen LogP contribution is 2.21. The standard InChI is InChI=1S/C13H16N2O5S/c1-13(2,21-3)7-14-11(16)8-4-9(12(17)18)6-10(5-8)15(19)20/h4-6H,7H2,1-3H3,(H,14,16)(H,17,18). The van der Waals surface area contributed by atoms with Gasteiger partial charge < -0.3 is 10.4 Å². The Morgan fingerprint density at radius 2 is 1.90 bits per heavy atom. The van der Waals surface area contributed by atoms with Gasteiger partial charge in [0.1, 0.15) is 0 Å². The molecule has 114 valence electrons. The van der Waals surface area contributed by atoms with Crippen LogP contribution in [0, 0.1) is 10.1 Å². The van der Waals surface area contributed by atoms with Gasteiger partial charge in [-0.3, -0.25) is 14.9 Å². The Hall–Kier alpha value is -2.09. The summed E-state index contributed by atoms with van der Waals surface area (Å²) in [6, 6.07) is 3.11. The molecule has 0 radical (unpaired) electrons. The number of nitrogens with one attached hydrogen (secondary N) is 1. The first-order chi connectivity index (χ1) is 9.66. The van der Waals surface area contributed by atoms with Crippen LogP contribution in [-0.4, -0.2) is 39.5 Å². The van der Waals surface area contributed by atoms with Gasteiger partial charge in [-0.15, -0.1) is 0 Å². The minimum absolute atomic E-state index is 0.0431. The zero-order chi connectivity index (χ0) is 16.2. The maximum absolute atomic E-state index is 12.0. The van der Waals surface area contributed by atoms with Crippen molar-refractivity contribution in [1.82, 2.24) is 5.32 Å². The zero-order valence-corrected chi connectivity index (χ0v) is 12.7. The fourth-order valence-corrected chi connectivity index (χ4v) is 1.66. The van der Waals surface area contributed by atoms with E-state index in [4.69, 9.17) is 5.11 Å². The second-order valence-electron chi connectivity index (χ2n) is 4.98. The molecular formula is C13H16N2O5S. The van der Waals surface area contributed by atoms with E-state index in [2.05, 4.69) is 5.32 Å². The smallest absolute Gasteiger partial charge is 0.335 e. The first-order valence-electron chi connectivity index (χ1n) is 6.02. The number of hydrogen-bond acceptors (Lipinski definition) is 5. The molecule has 1 rings (SSSR count). The quantitative estimate of drug-likeness (QED) is 0.615. The average Bonchev–Trinajstić information content (AvgIpc) is 2.44. The molecule has 0 aliphatic heterocycles. The number of non-ortho nitro benzene ring substituents is 1. The number of nitro benzene ring substituents is 1. The van der Waals surface area contributed by atoms with Crippen molar-refractivity contribution in [2.24, 2.45) is 0 Å². The Bertz CT molecular complexity index is 554. The van der Waals surface area contributed by atoms with Crippen molar-refractivity contribution in [1.29, 1.82) is 0 Å². The van der Waals surface area contributed by atoms with Crippen LogP contribution in [0.1, 0.15) is 34.6 Å². The molecule has 0 spiro atoms. The summed E-state index contributed by atoms with van der Waals surface area (Å²) in [5.74, 6) is -1.86. The third-order valence-electron chi connectivity index (χ3n) is 2.86. The number of carboxylic acids is 1. The van der Waals surface area contributed by atoms with E-state index in [0.717, 1.165) is 18.2 Å². The monoisotopic (exact) mass is 312 g/mol. The predicted octanol–water partition coefficient (Wildman–Crippen LogP) is 2.16. The summed E-state index contributed by atoms with van der Waals surface area (Å²) in [5.41, 5.74) is -0.763. The van der Waals surface area contributed by atoms with Gasteiger partial charge in [0.25, 0.3) is 11.6 Å². The molecule has 0 fully saturated rings. The maximum atomic E-state index is 12.0. The lowest BCUT2D eigenvalue weighted by molar-refractivity contribution is -0.384. The first-order valence-corrected chi connectivity index (χ1v) is 7.25. The van der Waals surface area contributed by atoms with Gasteiger partial charge in [-0.25, -0.2) is 4.79 Å². The molecule has 8 heteroatoms. The van der Waals surface area contributed by atoms with Crippen molar-refractivity contribution in [3.63, 3.8) is 0 Å². The van der Waals surface area contributed by atoms with Crippen LogP contribution in [0.5, 0.6) is 0 Å². The van der Waals surface area contributed by atoms with Crippen LogP contribution in [0.2, 0.25) is 0 Å². The van der Waals surface area contributed by atoms with Gasteiger partial charge in [-0.2, -0.15) is 11.8 Å². The van der Waals surface area contributed by atoms with Crippen LogP contribution < -0.4 is 5.32 Å². The molecule has 0 atom stereocenters. The molecule has 2 N–H and O–H groups in total.